The average Bonchev–Trinajstić information content (AvgIpc) is 2.75. The second-order valence-corrected chi connectivity index (χ2v) is 7.87. The smallest absolute Gasteiger partial charge is 1.00 e. The van der Waals surface area contributed by atoms with Crippen LogP contribution in [0.3, 0.4) is 0 Å². The van der Waals surface area contributed by atoms with Crippen LogP contribution in [-0.2, 0) is 0 Å². The number of ether oxygens (including phenoxy) is 2. The molecule has 0 radical (unpaired) electrons. The van der Waals surface area contributed by atoms with Gasteiger partial charge in [-0.25, -0.2) is 0 Å². The van der Waals surface area contributed by atoms with Gasteiger partial charge in [-0.3, -0.25) is 0 Å². The van der Waals surface area contributed by atoms with Crippen LogP contribution >= 0.6 is 22.6 Å². The van der Waals surface area contributed by atoms with E-state index in [1.807, 2.05) is 111 Å². The first-order valence-corrected chi connectivity index (χ1v) is 10.7. The first-order valence-electron chi connectivity index (χ1n) is 9.60. The standard InChI is InChI=1S/C13H11IO.C13H13NO.CH4.HI.K/c2*1-10-6-2-4-8-12(10)15-13-9-5-3-7-11(13)14;;;/h2-9H,1H3;2-9H,14H2,1H3;1H4;1H;/q;;;;+1/p-1. The van der Waals surface area contributed by atoms with E-state index in [0.29, 0.717) is 11.4 Å². The normalized spacial score (nSPS) is 9.06. The van der Waals surface area contributed by atoms with Crippen LogP contribution in [0.2, 0.25) is 0 Å². The molecule has 0 heterocycles. The molecule has 2 N–H and O–H groups in total. The summed E-state index contributed by atoms with van der Waals surface area (Å²) in [6, 6.07) is 31.4. The van der Waals surface area contributed by atoms with E-state index in [2.05, 4.69) is 22.6 Å². The SMILES string of the molecule is C.Cc1ccccc1Oc1ccccc1I.Cc1ccccc1Oc1ccccc1N.[I-].[K+]. The largest absolute Gasteiger partial charge is 1.00 e. The van der Waals surface area contributed by atoms with Gasteiger partial charge in [0.15, 0.2) is 0 Å². The first-order chi connectivity index (χ1) is 14.5. The van der Waals surface area contributed by atoms with Gasteiger partial charge in [-0.05, 0) is 84.0 Å². The number of nitrogens with two attached hydrogens (primary N) is 1. The molecule has 0 saturated heterocycles. The minimum absolute atomic E-state index is 0. The van der Waals surface area contributed by atoms with Crippen LogP contribution in [0.1, 0.15) is 18.6 Å². The van der Waals surface area contributed by atoms with Gasteiger partial charge in [-0.2, -0.15) is 0 Å². The van der Waals surface area contributed by atoms with E-state index < -0.39 is 0 Å². The van der Waals surface area contributed by atoms with Crippen molar-refractivity contribution in [2.45, 2.75) is 21.3 Å². The maximum Gasteiger partial charge on any atom is 1.00 e. The molecule has 0 fully saturated rings. The van der Waals surface area contributed by atoms with Crippen molar-refractivity contribution in [2.24, 2.45) is 0 Å². The van der Waals surface area contributed by atoms with Gasteiger partial charge in [0.25, 0.3) is 0 Å². The average molecular weight is 691 g/mol. The Kier molecular flexibility index (Phi) is 16.6. The van der Waals surface area contributed by atoms with Crippen LogP contribution < -0.4 is 90.6 Å². The summed E-state index contributed by atoms with van der Waals surface area (Å²) >= 11 is 2.27. The molecular formula is C27H28I2KNO2. The third-order valence-electron chi connectivity index (χ3n) is 4.38. The minimum atomic E-state index is 0. The number of anilines is 1. The fourth-order valence-electron chi connectivity index (χ4n) is 2.68. The van der Waals surface area contributed by atoms with Crippen LogP contribution in [-0.4, -0.2) is 0 Å². The van der Waals surface area contributed by atoms with Gasteiger partial charge in [0.2, 0.25) is 0 Å². The first kappa shape index (κ1) is 32.4. The summed E-state index contributed by atoms with van der Waals surface area (Å²) in [7, 11) is 0. The van der Waals surface area contributed by atoms with E-state index in [9.17, 15) is 0 Å². The van der Waals surface area contributed by atoms with E-state index in [1.54, 1.807) is 0 Å². The molecule has 4 aromatic carbocycles. The fraction of sp³-hybridized carbons (Fsp3) is 0.111. The van der Waals surface area contributed by atoms with Crippen LogP contribution in [0.4, 0.5) is 5.69 Å². The van der Waals surface area contributed by atoms with Crippen molar-refractivity contribution in [2.75, 3.05) is 5.73 Å². The molecular weight excluding hydrogens is 663 g/mol. The molecule has 0 amide bonds. The molecule has 4 aromatic rings. The molecule has 0 aliphatic heterocycles. The fourth-order valence-corrected chi connectivity index (χ4v) is 3.18. The number of para-hydroxylation sites is 5. The maximum absolute atomic E-state index is 5.83. The van der Waals surface area contributed by atoms with Crippen LogP contribution in [0.5, 0.6) is 23.0 Å². The minimum Gasteiger partial charge on any atom is -1.00 e. The van der Waals surface area contributed by atoms with Gasteiger partial charge in [0, 0.05) is 0 Å². The molecule has 0 saturated carbocycles. The van der Waals surface area contributed by atoms with Gasteiger partial charge in [0.05, 0.1) is 9.26 Å². The van der Waals surface area contributed by atoms with E-state index in [4.69, 9.17) is 15.2 Å². The quantitative estimate of drug-likeness (QED) is 0.203. The number of hydrogen-bond donors (Lipinski definition) is 1. The Labute approximate surface area is 271 Å². The zero-order valence-corrected chi connectivity index (χ0v) is 25.8. The van der Waals surface area contributed by atoms with Gasteiger partial charge in [0.1, 0.15) is 23.0 Å². The van der Waals surface area contributed by atoms with Crippen molar-refractivity contribution in [3.63, 3.8) is 0 Å². The third-order valence-corrected chi connectivity index (χ3v) is 5.27. The summed E-state index contributed by atoms with van der Waals surface area (Å²) in [5.41, 5.74) is 8.70. The number of aryl methyl sites for hydroxylation is 2. The van der Waals surface area contributed by atoms with Crippen molar-refractivity contribution in [1.29, 1.82) is 0 Å². The Morgan fingerprint density at radius 3 is 1.39 bits per heavy atom. The number of rotatable bonds is 4. The molecule has 0 bridgehead atoms. The number of benzene rings is 4. The van der Waals surface area contributed by atoms with E-state index in [1.165, 1.54) is 0 Å². The molecule has 0 aromatic heterocycles. The summed E-state index contributed by atoms with van der Waals surface area (Å²) in [6.07, 6.45) is 0. The van der Waals surface area contributed by atoms with E-state index in [0.717, 1.165) is 31.9 Å². The Morgan fingerprint density at radius 1 is 0.576 bits per heavy atom. The van der Waals surface area contributed by atoms with Crippen LogP contribution in [0.15, 0.2) is 97.1 Å². The monoisotopic (exact) mass is 691 g/mol. The zero-order valence-electron chi connectivity index (χ0n) is 18.4. The molecule has 0 spiro atoms. The van der Waals surface area contributed by atoms with E-state index in [-0.39, 0.29) is 82.8 Å². The molecule has 0 unspecified atom stereocenters. The predicted octanol–water partition coefficient (Wildman–Crippen LogP) is 2.41. The van der Waals surface area contributed by atoms with Gasteiger partial charge < -0.3 is 39.2 Å². The van der Waals surface area contributed by atoms with Gasteiger partial charge >= 0.3 is 51.4 Å². The third kappa shape index (κ3) is 10.3. The Bertz CT molecular complexity index is 946. The van der Waals surface area contributed by atoms with Crippen molar-refractivity contribution in [1.82, 2.24) is 0 Å². The summed E-state index contributed by atoms with van der Waals surface area (Å²) < 4.78 is 12.7. The van der Waals surface area contributed by atoms with Crippen molar-refractivity contribution < 1.29 is 84.8 Å². The summed E-state index contributed by atoms with van der Waals surface area (Å²) in [5, 5.41) is 0. The summed E-state index contributed by atoms with van der Waals surface area (Å²) in [6.45, 7) is 4.06. The summed E-state index contributed by atoms with van der Waals surface area (Å²) in [5.74, 6) is 3.37. The Hall–Kier alpha value is -0.624. The Morgan fingerprint density at radius 2 is 0.939 bits per heavy atom. The molecule has 6 heteroatoms. The zero-order chi connectivity index (χ0) is 21.3. The number of halogens is 2. The number of nitrogen functional groups attached to an aromatic ring is 1. The predicted molar refractivity (Wildman–Crippen MR) is 139 cm³/mol. The van der Waals surface area contributed by atoms with E-state index >= 15 is 0 Å². The van der Waals surface area contributed by atoms with Crippen LogP contribution in [0, 0.1) is 17.4 Å². The van der Waals surface area contributed by atoms with Crippen LogP contribution in [0.25, 0.3) is 0 Å². The molecule has 33 heavy (non-hydrogen) atoms. The van der Waals surface area contributed by atoms with Gasteiger partial charge in [-0.1, -0.05) is 68.1 Å². The topological polar surface area (TPSA) is 44.5 Å². The second-order valence-electron chi connectivity index (χ2n) is 6.70. The molecule has 4 rings (SSSR count). The van der Waals surface area contributed by atoms with Crippen molar-refractivity contribution >= 4 is 28.3 Å². The molecule has 168 valence electrons. The maximum atomic E-state index is 5.83. The summed E-state index contributed by atoms with van der Waals surface area (Å²) in [4.78, 5) is 0. The molecule has 0 atom stereocenters. The molecule has 3 nitrogen and oxygen atoms in total. The Balaban J connectivity index is 0.000000569. The molecule has 0 aliphatic carbocycles. The van der Waals surface area contributed by atoms with Gasteiger partial charge in [-0.15, -0.1) is 0 Å². The second kappa shape index (κ2) is 16.9. The molecule has 0 aliphatic rings. The van der Waals surface area contributed by atoms with Crippen molar-refractivity contribution in [3.05, 3.63) is 112 Å². The van der Waals surface area contributed by atoms with Crippen molar-refractivity contribution in [3.8, 4) is 23.0 Å². The number of hydrogen-bond acceptors (Lipinski definition) is 3.